The van der Waals surface area contributed by atoms with E-state index in [2.05, 4.69) is 42.0 Å². The Hall–Kier alpha value is -0.610. The van der Waals surface area contributed by atoms with E-state index in [9.17, 15) is 4.39 Å². The third-order valence-corrected chi connectivity index (χ3v) is 3.05. The minimum absolute atomic E-state index is 0.0514. The lowest BCUT2D eigenvalue weighted by Gasteiger charge is -2.20. The maximum atomic E-state index is 13.1. The van der Waals surface area contributed by atoms with Gasteiger partial charge in [0.25, 0.3) is 0 Å². The van der Waals surface area contributed by atoms with Crippen LogP contribution in [0.2, 0.25) is 0 Å². The van der Waals surface area contributed by atoms with Gasteiger partial charge in [-0.15, -0.1) is 0 Å². The zero-order valence-corrected chi connectivity index (χ0v) is 12.1. The smallest absolute Gasteiger partial charge is 0.136 e. The fraction of sp³-hybridized carbons (Fsp3) is 0.538. The summed E-state index contributed by atoms with van der Waals surface area (Å²) in [5.74, 6) is 0.275. The van der Waals surface area contributed by atoms with E-state index in [1.165, 1.54) is 12.1 Å². The van der Waals surface area contributed by atoms with Crippen LogP contribution in [-0.2, 0) is 0 Å². The molecule has 2 nitrogen and oxygen atoms in total. The second kappa shape index (κ2) is 6.97. The topological polar surface area (TPSA) is 21.3 Å². The summed E-state index contributed by atoms with van der Waals surface area (Å²) < 4.78 is 19.7. The predicted molar refractivity (Wildman–Crippen MR) is 71.9 cm³/mol. The van der Waals surface area contributed by atoms with Crippen molar-refractivity contribution in [2.75, 3.05) is 6.54 Å². The molecule has 0 heterocycles. The summed E-state index contributed by atoms with van der Waals surface area (Å²) in [5.41, 5.74) is 0. The maximum absolute atomic E-state index is 13.1. The van der Waals surface area contributed by atoms with Gasteiger partial charge in [0.15, 0.2) is 0 Å². The van der Waals surface area contributed by atoms with Crippen LogP contribution in [-0.4, -0.2) is 18.7 Å². The lowest BCUT2D eigenvalue weighted by molar-refractivity contribution is 0.188. The highest BCUT2D eigenvalue weighted by atomic mass is 79.9. The highest BCUT2D eigenvalue weighted by molar-refractivity contribution is 9.10. The number of rotatable bonds is 6. The summed E-state index contributed by atoms with van der Waals surface area (Å²) in [5, 5.41) is 3.32. The first-order chi connectivity index (χ1) is 8.02. The van der Waals surface area contributed by atoms with Gasteiger partial charge in [0.2, 0.25) is 0 Å². The third-order valence-electron chi connectivity index (χ3n) is 2.40. The predicted octanol–water partition coefficient (Wildman–Crippen LogP) is 3.74. The Balaban J connectivity index is 2.63. The van der Waals surface area contributed by atoms with Crippen molar-refractivity contribution < 1.29 is 9.13 Å². The maximum Gasteiger partial charge on any atom is 0.136 e. The van der Waals surface area contributed by atoms with Gasteiger partial charge in [0.05, 0.1) is 4.47 Å². The minimum Gasteiger partial charge on any atom is -0.488 e. The Bertz CT molecular complexity index is 357. The van der Waals surface area contributed by atoms with E-state index in [4.69, 9.17) is 4.74 Å². The summed E-state index contributed by atoms with van der Waals surface area (Å²) in [6, 6.07) is 4.89. The summed E-state index contributed by atoms with van der Waals surface area (Å²) in [6.07, 6.45) is 0.929. The van der Waals surface area contributed by atoms with Crippen LogP contribution >= 0.6 is 15.9 Å². The monoisotopic (exact) mass is 303 g/mol. The van der Waals surface area contributed by atoms with Crippen molar-refractivity contribution in [2.24, 2.45) is 0 Å². The number of nitrogens with one attached hydrogen (secondary N) is 1. The second-order valence-corrected chi connectivity index (χ2v) is 5.14. The average Bonchev–Trinajstić information content (AvgIpc) is 2.28. The molecule has 0 amide bonds. The van der Waals surface area contributed by atoms with E-state index >= 15 is 0 Å². The Morgan fingerprint density at radius 2 is 2.12 bits per heavy atom. The molecule has 1 rings (SSSR count). The molecule has 0 aliphatic carbocycles. The van der Waals surface area contributed by atoms with Crippen molar-refractivity contribution >= 4 is 15.9 Å². The number of hydrogen-bond donors (Lipinski definition) is 1. The minimum atomic E-state index is -0.283. The normalized spacial score (nSPS) is 12.8. The SMILES string of the molecule is CCC(CNC(C)C)Oc1cc(F)ccc1Br. The van der Waals surface area contributed by atoms with Gasteiger partial charge < -0.3 is 10.1 Å². The molecule has 96 valence electrons. The molecule has 0 bridgehead atoms. The van der Waals surface area contributed by atoms with Crippen LogP contribution in [0.1, 0.15) is 27.2 Å². The van der Waals surface area contributed by atoms with Gasteiger partial charge in [-0.05, 0) is 34.5 Å². The van der Waals surface area contributed by atoms with Crippen LogP contribution in [0, 0.1) is 5.82 Å². The van der Waals surface area contributed by atoms with Gasteiger partial charge >= 0.3 is 0 Å². The molecule has 1 unspecified atom stereocenters. The highest BCUT2D eigenvalue weighted by Crippen LogP contribution is 2.26. The van der Waals surface area contributed by atoms with E-state index in [1.54, 1.807) is 6.07 Å². The van der Waals surface area contributed by atoms with Gasteiger partial charge in [0, 0.05) is 18.7 Å². The largest absolute Gasteiger partial charge is 0.488 e. The van der Waals surface area contributed by atoms with Gasteiger partial charge in [-0.2, -0.15) is 0 Å². The van der Waals surface area contributed by atoms with Crippen LogP contribution in [0.3, 0.4) is 0 Å². The van der Waals surface area contributed by atoms with E-state index < -0.39 is 0 Å². The van der Waals surface area contributed by atoms with Crippen molar-refractivity contribution in [2.45, 2.75) is 39.3 Å². The molecule has 1 atom stereocenters. The number of ether oxygens (including phenoxy) is 1. The molecule has 1 aromatic carbocycles. The first-order valence-electron chi connectivity index (χ1n) is 5.88. The van der Waals surface area contributed by atoms with Crippen molar-refractivity contribution in [3.8, 4) is 5.75 Å². The van der Waals surface area contributed by atoms with Crippen molar-refractivity contribution in [3.05, 3.63) is 28.5 Å². The lowest BCUT2D eigenvalue weighted by atomic mass is 10.2. The Labute approximate surface area is 111 Å². The summed E-state index contributed by atoms with van der Waals surface area (Å²) >= 11 is 3.36. The molecule has 1 aromatic rings. The first-order valence-corrected chi connectivity index (χ1v) is 6.67. The average molecular weight is 304 g/mol. The van der Waals surface area contributed by atoms with Crippen molar-refractivity contribution in [1.82, 2.24) is 5.32 Å². The molecule has 4 heteroatoms. The van der Waals surface area contributed by atoms with Gasteiger partial charge in [-0.1, -0.05) is 20.8 Å². The standard InChI is InChI=1S/C13H19BrFNO/c1-4-11(8-16-9(2)3)17-13-7-10(15)5-6-12(13)14/h5-7,9,11,16H,4,8H2,1-3H3. The van der Waals surface area contributed by atoms with Crippen molar-refractivity contribution in [1.29, 1.82) is 0 Å². The highest BCUT2D eigenvalue weighted by Gasteiger charge is 2.11. The molecule has 0 saturated heterocycles. The summed E-state index contributed by atoms with van der Waals surface area (Å²) in [7, 11) is 0. The Kier molecular flexibility index (Phi) is 5.92. The molecule has 17 heavy (non-hydrogen) atoms. The van der Waals surface area contributed by atoms with E-state index in [1.807, 2.05) is 0 Å². The van der Waals surface area contributed by atoms with E-state index in [-0.39, 0.29) is 11.9 Å². The number of benzene rings is 1. The molecule has 0 aliphatic rings. The van der Waals surface area contributed by atoms with Crippen LogP contribution in [0.5, 0.6) is 5.75 Å². The van der Waals surface area contributed by atoms with E-state index in [0.29, 0.717) is 11.8 Å². The molecular weight excluding hydrogens is 285 g/mol. The fourth-order valence-corrected chi connectivity index (χ4v) is 1.72. The zero-order chi connectivity index (χ0) is 12.8. The molecule has 0 aromatic heterocycles. The van der Waals surface area contributed by atoms with Gasteiger partial charge in [-0.3, -0.25) is 0 Å². The zero-order valence-electron chi connectivity index (χ0n) is 10.5. The molecule has 1 N–H and O–H groups in total. The van der Waals surface area contributed by atoms with Gasteiger partial charge in [-0.25, -0.2) is 4.39 Å². The summed E-state index contributed by atoms with van der Waals surface area (Å²) in [4.78, 5) is 0. The molecule has 0 fully saturated rings. The van der Waals surface area contributed by atoms with Crippen LogP contribution < -0.4 is 10.1 Å². The first kappa shape index (κ1) is 14.5. The summed E-state index contributed by atoms with van der Waals surface area (Å²) in [6.45, 7) is 6.99. The third kappa shape index (κ3) is 5.04. The quantitative estimate of drug-likeness (QED) is 0.864. The van der Waals surface area contributed by atoms with Crippen LogP contribution in [0.15, 0.2) is 22.7 Å². The van der Waals surface area contributed by atoms with Crippen molar-refractivity contribution in [3.63, 3.8) is 0 Å². The lowest BCUT2D eigenvalue weighted by Crippen LogP contribution is -2.34. The van der Waals surface area contributed by atoms with Crippen LogP contribution in [0.25, 0.3) is 0 Å². The fourth-order valence-electron chi connectivity index (χ4n) is 1.38. The number of hydrogen-bond acceptors (Lipinski definition) is 2. The van der Waals surface area contributed by atoms with E-state index in [0.717, 1.165) is 17.4 Å². The Morgan fingerprint density at radius 3 is 2.71 bits per heavy atom. The molecule has 0 saturated carbocycles. The molecule has 0 spiro atoms. The molecule has 0 radical (unpaired) electrons. The molecule has 0 aliphatic heterocycles. The van der Waals surface area contributed by atoms with Gasteiger partial charge in [0.1, 0.15) is 17.7 Å². The van der Waals surface area contributed by atoms with Crippen LogP contribution in [0.4, 0.5) is 4.39 Å². The number of halogens is 2. The second-order valence-electron chi connectivity index (χ2n) is 4.29. The Morgan fingerprint density at radius 1 is 1.41 bits per heavy atom. The molecular formula is C13H19BrFNO.